The maximum Gasteiger partial charge on any atom is 0.0772 e. The van der Waals surface area contributed by atoms with Crippen LogP contribution in [0.1, 0.15) is 36.9 Å². The molecule has 1 aromatic rings. The van der Waals surface area contributed by atoms with Gasteiger partial charge in [-0.15, -0.1) is 0 Å². The smallest absolute Gasteiger partial charge is 0.0772 e. The second-order valence-electron chi connectivity index (χ2n) is 3.86. The van der Waals surface area contributed by atoms with Gasteiger partial charge in [-0.2, -0.15) is 0 Å². The normalized spacial score (nSPS) is 25.9. The van der Waals surface area contributed by atoms with Gasteiger partial charge in [0.15, 0.2) is 0 Å². The predicted molar refractivity (Wildman–Crippen MR) is 56.9 cm³/mol. The molecule has 0 spiro atoms. The number of rotatable bonds is 2. The fourth-order valence-corrected chi connectivity index (χ4v) is 2.04. The lowest BCUT2D eigenvalue weighted by atomic mass is 9.92. The van der Waals surface area contributed by atoms with Crippen molar-refractivity contribution in [2.24, 2.45) is 5.73 Å². The van der Waals surface area contributed by atoms with E-state index in [4.69, 9.17) is 10.5 Å². The second-order valence-corrected chi connectivity index (χ2v) is 3.86. The van der Waals surface area contributed by atoms with Gasteiger partial charge in [0.2, 0.25) is 0 Å². The highest BCUT2D eigenvalue weighted by molar-refractivity contribution is 5.31. The highest BCUT2D eigenvalue weighted by Crippen LogP contribution is 2.29. The van der Waals surface area contributed by atoms with Crippen molar-refractivity contribution in [3.05, 3.63) is 35.4 Å². The lowest BCUT2D eigenvalue weighted by Crippen LogP contribution is -2.33. The summed E-state index contributed by atoms with van der Waals surface area (Å²) >= 11 is 0. The first-order valence-corrected chi connectivity index (χ1v) is 5.28. The molecule has 76 valence electrons. The summed E-state index contributed by atoms with van der Waals surface area (Å²) in [6, 6.07) is 8.35. The maximum atomic E-state index is 6.15. The van der Waals surface area contributed by atoms with Crippen molar-refractivity contribution in [3.8, 4) is 0 Å². The Kier molecular flexibility index (Phi) is 2.85. The quantitative estimate of drug-likeness (QED) is 0.779. The Labute approximate surface area is 85.1 Å². The largest absolute Gasteiger partial charge is 0.372 e. The molecule has 14 heavy (non-hydrogen) atoms. The van der Waals surface area contributed by atoms with Crippen LogP contribution in [0.3, 0.4) is 0 Å². The van der Waals surface area contributed by atoms with E-state index in [1.54, 1.807) is 0 Å². The van der Waals surface area contributed by atoms with Crippen LogP contribution in [0.5, 0.6) is 0 Å². The first-order valence-electron chi connectivity index (χ1n) is 5.28. The van der Waals surface area contributed by atoms with Crippen LogP contribution in [-0.4, -0.2) is 6.10 Å². The molecule has 2 N–H and O–H groups in total. The van der Waals surface area contributed by atoms with Crippen molar-refractivity contribution in [2.45, 2.75) is 38.5 Å². The molecule has 1 aromatic carbocycles. The third-order valence-corrected chi connectivity index (χ3v) is 2.84. The maximum absolute atomic E-state index is 6.15. The fourth-order valence-electron chi connectivity index (χ4n) is 2.04. The molecule has 2 atom stereocenters. The molecule has 0 unspecified atom stereocenters. The third-order valence-electron chi connectivity index (χ3n) is 2.84. The molecule has 0 aromatic heterocycles. The zero-order valence-electron chi connectivity index (χ0n) is 8.57. The van der Waals surface area contributed by atoms with Crippen LogP contribution in [0.2, 0.25) is 0 Å². The van der Waals surface area contributed by atoms with Gasteiger partial charge >= 0.3 is 0 Å². The Morgan fingerprint density at radius 1 is 1.43 bits per heavy atom. The molecule has 0 fully saturated rings. The highest BCUT2D eigenvalue weighted by Gasteiger charge is 2.25. The van der Waals surface area contributed by atoms with Crippen LogP contribution in [0.25, 0.3) is 0 Å². The van der Waals surface area contributed by atoms with Crippen LogP contribution < -0.4 is 5.73 Å². The molecule has 2 rings (SSSR count). The van der Waals surface area contributed by atoms with E-state index in [9.17, 15) is 0 Å². The highest BCUT2D eigenvalue weighted by atomic mass is 16.5. The average Bonchev–Trinajstić information content (AvgIpc) is 2.23. The van der Waals surface area contributed by atoms with Crippen LogP contribution in [-0.2, 0) is 11.3 Å². The molecule has 0 aliphatic carbocycles. The molecule has 0 saturated heterocycles. The van der Waals surface area contributed by atoms with Crippen molar-refractivity contribution >= 4 is 0 Å². The number of fused-ring (bicyclic) bond motifs is 1. The van der Waals surface area contributed by atoms with E-state index in [2.05, 4.69) is 19.1 Å². The zero-order valence-corrected chi connectivity index (χ0v) is 8.57. The average molecular weight is 191 g/mol. The molecular weight excluding hydrogens is 174 g/mol. The molecule has 0 amide bonds. The molecular formula is C12H17NO. The molecule has 2 nitrogen and oxygen atoms in total. The molecule has 2 heteroatoms. The molecule has 0 saturated carbocycles. The third kappa shape index (κ3) is 1.68. The minimum absolute atomic E-state index is 0.0555. The van der Waals surface area contributed by atoms with E-state index in [0.29, 0.717) is 6.61 Å². The van der Waals surface area contributed by atoms with Crippen LogP contribution in [0.4, 0.5) is 0 Å². The Bertz CT molecular complexity index is 311. The van der Waals surface area contributed by atoms with Gasteiger partial charge in [0.1, 0.15) is 0 Å². The van der Waals surface area contributed by atoms with Crippen LogP contribution in [0, 0.1) is 0 Å². The van der Waals surface area contributed by atoms with Crippen molar-refractivity contribution in [3.63, 3.8) is 0 Å². The second kappa shape index (κ2) is 4.11. The lowest BCUT2D eigenvalue weighted by Gasteiger charge is -2.31. The number of hydrogen-bond acceptors (Lipinski definition) is 2. The van der Waals surface area contributed by atoms with E-state index in [-0.39, 0.29) is 12.1 Å². The summed E-state index contributed by atoms with van der Waals surface area (Å²) in [5, 5.41) is 0. The number of ether oxygens (including phenoxy) is 1. The number of hydrogen-bond donors (Lipinski definition) is 1. The number of nitrogens with two attached hydrogens (primary N) is 1. The van der Waals surface area contributed by atoms with Gasteiger partial charge in [-0.3, -0.25) is 0 Å². The molecule has 1 aliphatic heterocycles. The van der Waals surface area contributed by atoms with Crippen molar-refractivity contribution in [1.82, 2.24) is 0 Å². The molecule has 1 aliphatic rings. The Morgan fingerprint density at radius 3 is 3.00 bits per heavy atom. The van der Waals surface area contributed by atoms with Gasteiger partial charge in [0.25, 0.3) is 0 Å². The van der Waals surface area contributed by atoms with Crippen molar-refractivity contribution < 1.29 is 4.74 Å². The van der Waals surface area contributed by atoms with Crippen LogP contribution in [0.15, 0.2) is 24.3 Å². The summed E-state index contributed by atoms with van der Waals surface area (Å²) in [7, 11) is 0. The monoisotopic (exact) mass is 191 g/mol. The summed E-state index contributed by atoms with van der Waals surface area (Å²) in [4.78, 5) is 0. The van der Waals surface area contributed by atoms with Gasteiger partial charge in [-0.05, 0) is 17.5 Å². The summed E-state index contributed by atoms with van der Waals surface area (Å²) in [6.07, 6.45) is 2.38. The Hall–Kier alpha value is -0.860. The first-order chi connectivity index (χ1) is 6.83. The topological polar surface area (TPSA) is 35.2 Å². The predicted octanol–water partition coefficient (Wildman–Crippen LogP) is 2.39. The van der Waals surface area contributed by atoms with Crippen molar-refractivity contribution in [2.75, 3.05) is 0 Å². The summed E-state index contributed by atoms with van der Waals surface area (Å²) < 4.78 is 5.73. The Morgan fingerprint density at radius 2 is 2.21 bits per heavy atom. The van der Waals surface area contributed by atoms with Gasteiger partial charge in [0.05, 0.1) is 18.8 Å². The van der Waals surface area contributed by atoms with E-state index >= 15 is 0 Å². The molecule has 0 radical (unpaired) electrons. The first kappa shape index (κ1) is 9.69. The minimum Gasteiger partial charge on any atom is -0.372 e. The van der Waals surface area contributed by atoms with E-state index in [1.165, 1.54) is 11.1 Å². The van der Waals surface area contributed by atoms with Gasteiger partial charge < -0.3 is 10.5 Å². The van der Waals surface area contributed by atoms with Gasteiger partial charge in [-0.1, -0.05) is 37.6 Å². The van der Waals surface area contributed by atoms with Gasteiger partial charge in [-0.25, -0.2) is 0 Å². The summed E-state index contributed by atoms with van der Waals surface area (Å²) in [5.41, 5.74) is 8.66. The fraction of sp³-hybridized carbons (Fsp3) is 0.500. The molecule has 1 heterocycles. The minimum atomic E-state index is 0.0555. The lowest BCUT2D eigenvalue weighted by molar-refractivity contribution is 0.00338. The SMILES string of the molecule is CCC[C@@H]1OCc2ccccc2[C@@H]1N. The van der Waals surface area contributed by atoms with Crippen LogP contribution >= 0.6 is 0 Å². The number of benzene rings is 1. The van der Waals surface area contributed by atoms with Crippen molar-refractivity contribution in [1.29, 1.82) is 0 Å². The van der Waals surface area contributed by atoms with E-state index in [1.807, 2.05) is 12.1 Å². The van der Waals surface area contributed by atoms with E-state index < -0.39 is 0 Å². The Balaban J connectivity index is 2.22. The molecule has 0 bridgehead atoms. The summed E-state index contributed by atoms with van der Waals surface area (Å²) in [6.45, 7) is 2.88. The van der Waals surface area contributed by atoms with E-state index in [0.717, 1.165) is 12.8 Å². The summed E-state index contributed by atoms with van der Waals surface area (Å²) in [5.74, 6) is 0. The zero-order chi connectivity index (χ0) is 9.97. The van der Waals surface area contributed by atoms with Gasteiger partial charge in [0, 0.05) is 0 Å². The standard InChI is InChI=1S/C12H17NO/c1-2-5-11-12(13)10-7-4-3-6-9(10)8-14-11/h3-4,6-7,11-12H,2,5,8,13H2,1H3/t11-,12-/m0/s1.